The molecule has 1 atom stereocenters. The first kappa shape index (κ1) is 13.9. The average molecular weight is 204 g/mol. The fraction of sp³-hybridized carbons (Fsp3) is 1.00. The largest absolute Gasteiger partial charge is 0.396 e. The van der Waals surface area contributed by atoms with Gasteiger partial charge in [-0.05, 0) is 19.3 Å². The van der Waals surface area contributed by atoms with Crippen LogP contribution in [-0.4, -0.2) is 34.6 Å². The van der Waals surface area contributed by atoms with E-state index in [4.69, 9.17) is 10.2 Å². The van der Waals surface area contributed by atoms with Crippen LogP contribution < -0.4 is 0 Å². The maximum absolute atomic E-state index is 9.30. The fourth-order valence-electron chi connectivity index (χ4n) is 1.49. The van der Waals surface area contributed by atoms with E-state index >= 15 is 0 Å². The van der Waals surface area contributed by atoms with Gasteiger partial charge < -0.3 is 15.3 Å². The van der Waals surface area contributed by atoms with Gasteiger partial charge >= 0.3 is 0 Å². The molecule has 1 unspecified atom stereocenters. The monoisotopic (exact) mass is 204 g/mol. The van der Waals surface area contributed by atoms with Gasteiger partial charge in [-0.1, -0.05) is 32.1 Å². The molecule has 0 amide bonds. The van der Waals surface area contributed by atoms with Gasteiger partial charge in [-0.15, -0.1) is 0 Å². The van der Waals surface area contributed by atoms with Crippen LogP contribution in [0.4, 0.5) is 0 Å². The molecular weight excluding hydrogens is 180 g/mol. The number of aliphatic hydroxyl groups excluding tert-OH is 3. The number of hydrogen-bond donors (Lipinski definition) is 3. The van der Waals surface area contributed by atoms with E-state index in [0.29, 0.717) is 13.0 Å². The standard InChI is InChI=1S/C11H24O3/c12-9-6-4-2-1-3-5-7-11(14)8-10-13/h11-14H,1-10H2. The Bertz CT molecular complexity index is 107. The van der Waals surface area contributed by atoms with E-state index in [2.05, 4.69) is 0 Å². The zero-order valence-corrected chi connectivity index (χ0v) is 8.99. The van der Waals surface area contributed by atoms with Gasteiger partial charge in [0.1, 0.15) is 0 Å². The molecule has 3 nitrogen and oxygen atoms in total. The predicted molar refractivity (Wildman–Crippen MR) is 57.1 cm³/mol. The van der Waals surface area contributed by atoms with E-state index in [1.165, 1.54) is 12.8 Å². The highest BCUT2D eigenvalue weighted by atomic mass is 16.3. The van der Waals surface area contributed by atoms with Crippen molar-refractivity contribution in [2.75, 3.05) is 13.2 Å². The molecule has 0 aromatic heterocycles. The fourth-order valence-corrected chi connectivity index (χ4v) is 1.49. The third kappa shape index (κ3) is 9.96. The lowest BCUT2D eigenvalue weighted by molar-refractivity contribution is 0.122. The van der Waals surface area contributed by atoms with Crippen LogP contribution in [0.3, 0.4) is 0 Å². The Morgan fingerprint density at radius 3 is 1.79 bits per heavy atom. The second-order valence-corrected chi connectivity index (χ2v) is 3.80. The highest BCUT2D eigenvalue weighted by molar-refractivity contribution is 4.55. The molecule has 0 spiro atoms. The molecule has 0 aromatic carbocycles. The molecule has 0 aromatic rings. The van der Waals surface area contributed by atoms with Crippen molar-refractivity contribution in [1.29, 1.82) is 0 Å². The van der Waals surface area contributed by atoms with Crippen LogP contribution in [0.25, 0.3) is 0 Å². The molecule has 0 aliphatic rings. The second-order valence-electron chi connectivity index (χ2n) is 3.80. The zero-order chi connectivity index (χ0) is 10.6. The van der Waals surface area contributed by atoms with Crippen LogP contribution in [0, 0.1) is 0 Å². The summed E-state index contributed by atoms with van der Waals surface area (Å²) >= 11 is 0. The summed E-state index contributed by atoms with van der Waals surface area (Å²) in [5.41, 5.74) is 0. The Labute approximate surface area is 86.8 Å². The van der Waals surface area contributed by atoms with Crippen LogP contribution in [0.15, 0.2) is 0 Å². The van der Waals surface area contributed by atoms with Crippen LogP contribution >= 0.6 is 0 Å². The summed E-state index contributed by atoms with van der Waals surface area (Å²) in [4.78, 5) is 0. The first-order valence-electron chi connectivity index (χ1n) is 5.71. The van der Waals surface area contributed by atoms with Gasteiger partial charge in [0.15, 0.2) is 0 Å². The smallest absolute Gasteiger partial charge is 0.0562 e. The van der Waals surface area contributed by atoms with E-state index in [0.717, 1.165) is 32.1 Å². The van der Waals surface area contributed by atoms with Crippen molar-refractivity contribution in [3.8, 4) is 0 Å². The molecule has 3 N–H and O–H groups in total. The Morgan fingerprint density at radius 1 is 0.643 bits per heavy atom. The van der Waals surface area contributed by atoms with Gasteiger partial charge in [0.25, 0.3) is 0 Å². The number of aliphatic hydroxyl groups is 3. The molecule has 0 aliphatic carbocycles. The van der Waals surface area contributed by atoms with Crippen molar-refractivity contribution in [2.45, 2.75) is 57.5 Å². The number of unbranched alkanes of at least 4 members (excludes halogenated alkanes) is 5. The lowest BCUT2D eigenvalue weighted by atomic mass is 10.1. The van der Waals surface area contributed by atoms with Crippen molar-refractivity contribution in [1.82, 2.24) is 0 Å². The molecular formula is C11H24O3. The molecule has 0 saturated carbocycles. The first-order chi connectivity index (χ1) is 6.81. The molecule has 86 valence electrons. The molecule has 0 heterocycles. The second kappa shape index (κ2) is 11.0. The predicted octanol–water partition coefficient (Wildman–Crippen LogP) is 1.45. The topological polar surface area (TPSA) is 60.7 Å². The average Bonchev–Trinajstić information content (AvgIpc) is 2.17. The minimum absolute atomic E-state index is 0.0810. The van der Waals surface area contributed by atoms with Gasteiger partial charge in [-0.3, -0.25) is 0 Å². The first-order valence-corrected chi connectivity index (χ1v) is 5.71. The molecule has 0 fully saturated rings. The Hall–Kier alpha value is -0.120. The molecule has 3 heteroatoms. The van der Waals surface area contributed by atoms with Crippen molar-refractivity contribution in [2.24, 2.45) is 0 Å². The minimum Gasteiger partial charge on any atom is -0.396 e. The highest BCUT2D eigenvalue weighted by Gasteiger charge is 2.01. The summed E-state index contributed by atoms with van der Waals surface area (Å²) in [6.07, 6.45) is 7.56. The summed E-state index contributed by atoms with van der Waals surface area (Å²) in [5, 5.41) is 26.4. The van der Waals surface area contributed by atoms with Crippen molar-refractivity contribution >= 4 is 0 Å². The lowest BCUT2D eigenvalue weighted by Gasteiger charge is -2.07. The van der Waals surface area contributed by atoms with E-state index in [9.17, 15) is 5.11 Å². The van der Waals surface area contributed by atoms with Crippen LogP contribution in [-0.2, 0) is 0 Å². The number of rotatable bonds is 10. The molecule has 0 bridgehead atoms. The van der Waals surface area contributed by atoms with E-state index in [-0.39, 0.29) is 12.7 Å². The van der Waals surface area contributed by atoms with Gasteiger partial charge in [-0.2, -0.15) is 0 Å². The van der Waals surface area contributed by atoms with E-state index in [1.54, 1.807) is 0 Å². The van der Waals surface area contributed by atoms with Crippen molar-refractivity contribution in [3.05, 3.63) is 0 Å². The summed E-state index contributed by atoms with van der Waals surface area (Å²) in [5.74, 6) is 0. The quantitative estimate of drug-likeness (QED) is 0.472. The lowest BCUT2D eigenvalue weighted by Crippen LogP contribution is -2.08. The van der Waals surface area contributed by atoms with Crippen LogP contribution in [0.1, 0.15) is 51.4 Å². The van der Waals surface area contributed by atoms with Gasteiger partial charge in [0, 0.05) is 13.2 Å². The highest BCUT2D eigenvalue weighted by Crippen LogP contribution is 2.09. The zero-order valence-electron chi connectivity index (χ0n) is 8.99. The summed E-state index contributed by atoms with van der Waals surface area (Å²) < 4.78 is 0. The normalized spacial score (nSPS) is 13.1. The molecule has 0 saturated heterocycles. The minimum atomic E-state index is -0.322. The summed E-state index contributed by atoms with van der Waals surface area (Å²) in [6.45, 7) is 0.382. The van der Waals surface area contributed by atoms with Gasteiger partial charge in [0.05, 0.1) is 6.10 Å². The molecule has 0 radical (unpaired) electrons. The van der Waals surface area contributed by atoms with Crippen LogP contribution in [0.2, 0.25) is 0 Å². The van der Waals surface area contributed by atoms with E-state index in [1.807, 2.05) is 0 Å². The summed E-state index contributed by atoms with van der Waals surface area (Å²) in [7, 11) is 0. The van der Waals surface area contributed by atoms with Crippen molar-refractivity contribution in [3.63, 3.8) is 0 Å². The van der Waals surface area contributed by atoms with Gasteiger partial charge in [0.2, 0.25) is 0 Å². The maximum Gasteiger partial charge on any atom is 0.0562 e. The Morgan fingerprint density at radius 2 is 1.21 bits per heavy atom. The molecule has 0 aliphatic heterocycles. The van der Waals surface area contributed by atoms with Crippen molar-refractivity contribution < 1.29 is 15.3 Å². The maximum atomic E-state index is 9.30. The Balaban J connectivity index is 2.98. The van der Waals surface area contributed by atoms with Crippen LogP contribution in [0.5, 0.6) is 0 Å². The molecule has 14 heavy (non-hydrogen) atoms. The number of hydrogen-bond acceptors (Lipinski definition) is 3. The Kier molecular flexibility index (Phi) is 10.9. The third-order valence-electron chi connectivity index (χ3n) is 2.41. The third-order valence-corrected chi connectivity index (χ3v) is 2.41. The van der Waals surface area contributed by atoms with Gasteiger partial charge in [-0.25, -0.2) is 0 Å². The van der Waals surface area contributed by atoms with E-state index < -0.39 is 0 Å². The SMILES string of the molecule is OCCCCCCCCC(O)CCO. The molecule has 0 rings (SSSR count). The summed E-state index contributed by atoms with van der Waals surface area (Å²) in [6, 6.07) is 0.